The van der Waals surface area contributed by atoms with Gasteiger partial charge in [0, 0.05) is 32.2 Å². The first-order valence-corrected chi connectivity index (χ1v) is 8.86. The molecule has 1 saturated heterocycles. The molecule has 1 rings (SSSR count). The van der Waals surface area contributed by atoms with Crippen LogP contribution in [0.2, 0.25) is 0 Å². The van der Waals surface area contributed by atoms with Gasteiger partial charge in [-0.2, -0.15) is 0 Å². The third-order valence-electron chi connectivity index (χ3n) is 4.48. The van der Waals surface area contributed by atoms with Gasteiger partial charge in [0.25, 0.3) is 0 Å². The van der Waals surface area contributed by atoms with Crippen molar-refractivity contribution in [2.24, 2.45) is 0 Å². The summed E-state index contributed by atoms with van der Waals surface area (Å²) in [6.07, 6.45) is 9.63. The van der Waals surface area contributed by atoms with Crippen LogP contribution in [0.5, 0.6) is 0 Å². The van der Waals surface area contributed by atoms with Crippen molar-refractivity contribution >= 4 is 0 Å². The molecule has 3 heteroatoms. The summed E-state index contributed by atoms with van der Waals surface area (Å²) < 4.78 is 0. The maximum atomic E-state index is 3.68. The van der Waals surface area contributed by atoms with Crippen molar-refractivity contribution in [3.63, 3.8) is 0 Å². The average molecular weight is 284 g/mol. The van der Waals surface area contributed by atoms with Crippen LogP contribution >= 0.6 is 0 Å². The van der Waals surface area contributed by atoms with Crippen LogP contribution < -0.4 is 5.32 Å². The fourth-order valence-electron chi connectivity index (χ4n) is 2.88. The third kappa shape index (κ3) is 8.93. The minimum absolute atomic E-state index is 0.698. The van der Waals surface area contributed by atoms with Crippen LogP contribution in [0.15, 0.2) is 0 Å². The summed E-state index contributed by atoms with van der Waals surface area (Å²) in [5.74, 6) is 0. The normalized spacial score (nSPS) is 19.4. The molecule has 1 fully saturated rings. The smallest absolute Gasteiger partial charge is 0.0110 e. The number of hydrogen-bond donors (Lipinski definition) is 1. The molecule has 20 heavy (non-hydrogen) atoms. The number of hydrogen-bond acceptors (Lipinski definition) is 3. The Bertz CT molecular complexity index is 212. The van der Waals surface area contributed by atoms with Crippen LogP contribution in [0.1, 0.15) is 58.8 Å². The van der Waals surface area contributed by atoms with E-state index < -0.39 is 0 Å². The lowest BCUT2D eigenvalue weighted by atomic mass is 10.1. The van der Waals surface area contributed by atoms with E-state index in [-0.39, 0.29) is 0 Å². The zero-order valence-electron chi connectivity index (χ0n) is 14.2. The number of unbranched alkanes of at least 4 members (excludes halogenated alkanes) is 4. The highest BCUT2D eigenvalue weighted by molar-refractivity contribution is 4.70. The van der Waals surface area contributed by atoms with Crippen molar-refractivity contribution in [2.75, 3.05) is 46.3 Å². The molecular weight excluding hydrogens is 246 g/mol. The molecule has 0 amide bonds. The van der Waals surface area contributed by atoms with Gasteiger partial charge in [-0.3, -0.25) is 0 Å². The van der Waals surface area contributed by atoms with Gasteiger partial charge in [0.1, 0.15) is 0 Å². The zero-order chi connectivity index (χ0) is 14.6. The van der Waals surface area contributed by atoms with E-state index >= 15 is 0 Å². The first-order chi connectivity index (χ1) is 9.72. The minimum atomic E-state index is 0.698. The molecule has 0 radical (unpaired) electrons. The van der Waals surface area contributed by atoms with E-state index in [1.54, 1.807) is 0 Å². The summed E-state index contributed by atoms with van der Waals surface area (Å²) in [7, 11) is 2.22. The highest BCUT2D eigenvalue weighted by Gasteiger charge is 2.12. The minimum Gasteiger partial charge on any atom is -0.314 e. The molecule has 3 nitrogen and oxygen atoms in total. The largest absolute Gasteiger partial charge is 0.314 e. The van der Waals surface area contributed by atoms with Gasteiger partial charge in [-0.05, 0) is 39.9 Å². The topological polar surface area (TPSA) is 18.5 Å². The van der Waals surface area contributed by atoms with Gasteiger partial charge in [0.2, 0.25) is 0 Å². The van der Waals surface area contributed by atoms with Crippen LogP contribution in [0.4, 0.5) is 0 Å². The van der Waals surface area contributed by atoms with Crippen molar-refractivity contribution in [3.8, 4) is 0 Å². The summed E-state index contributed by atoms with van der Waals surface area (Å²) in [5.41, 5.74) is 0. The fraction of sp³-hybridized carbons (Fsp3) is 1.00. The molecule has 0 spiro atoms. The monoisotopic (exact) mass is 283 g/mol. The highest BCUT2D eigenvalue weighted by Crippen LogP contribution is 2.07. The van der Waals surface area contributed by atoms with Crippen molar-refractivity contribution in [1.82, 2.24) is 15.1 Å². The van der Waals surface area contributed by atoms with Gasteiger partial charge < -0.3 is 15.1 Å². The number of piperazine rings is 1. The number of nitrogens with one attached hydrogen (secondary N) is 1. The van der Waals surface area contributed by atoms with Crippen molar-refractivity contribution in [1.29, 1.82) is 0 Å². The summed E-state index contributed by atoms with van der Waals surface area (Å²) in [4.78, 5) is 5.03. The Morgan fingerprint density at radius 2 is 1.65 bits per heavy atom. The highest BCUT2D eigenvalue weighted by atomic mass is 15.2. The molecule has 0 aromatic heterocycles. The standard InChI is InChI=1S/C17H37N3/c1-4-5-6-7-8-10-17(2)18-11-9-12-20-15-13-19(3)14-16-20/h17-18H,4-16H2,1-3H3. The van der Waals surface area contributed by atoms with Crippen molar-refractivity contribution in [2.45, 2.75) is 64.8 Å². The Morgan fingerprint density at radius 1 is 0.950 bits per heavy atom. The predicted molar refractivity (Wildman–Crippen MR) is 89.4 cm³/mol. The number of nitrogens with zero attached hydrogens (tertiary/aromatic N) is 2. The van der Waals surface area contributed by atoms with Gasteiger partial charge in [-0.1, -0.05) is 39.0 Å². The second-order valence-electron chi connectivity index (χ2n) is 6.56. The molecule has 1 aliphatic rings. The summed E-state index contributed by atoms with van der Waals surface area (Å²) >= 11 is 0. The van der Waals surface area contributed by atoms with Gasteiger partial charge in [-0.15, -0.1) is 0 Å². The Labute approximate surface area is 127 Å². The molecule has 0 aliphatic carbocycles. The zero-order valence-corrected chi connectivity index (χ0v) is 14.2. The van der Waals surface area contributed by atoms with Crippen LogP contribution in [-0.2, 0) is 0 Å². The molecule has 1 heterocycles. The second kappa shape index (κ2) is 11.5. The third-order valence-corrected chi connectivity index (χ3v) is 4.48. The Balaban J connectivity index is 1.87. The van der Waals surface area contributed by atoms with Crippen molar-refractivity contribution in [3.05, 3.63) is 0 Å². The SMILES string of the molecule is CCCCCCCC(C)NCCCN1CCN(C)CC1. The van der Waals surface area contributed by atoms with Crippen LogP contribution in [0.25, 0.3) is 0 Å². The van der Waals surface area contributed by atoms with Gasteiger partial charge in [0.15, 0.2) is 0 Å². The van der Waals surface area contributed by atoms with E-state index in [0.717, 1.165) is 0 Å². The molecule has 0 bridgehead atoms. The van der Waals surface area contributed by atoms with E-state index in [1.165, 1.54) is 84.2 Å². The maximum Gasteiger partial charge on any atom is 0.0110 e. The second-order valence-corrected chi connectivity index (χ2v) is 6.56. The molecule has 0 saturated carbocycles. The number of likely N-dealkylation sites (N-methyl/N-ethyl adjacent to an activating group) is 1. The fourth-order valence-corrected chi connectivity index (χ4v) is 2.88. The van der Waals surface area contributed by atoms with Gasteiger partial charge in [-0.25, -0.2) is 0 Å². The average Bonchev–Trinajstić information content (AvgIpc) is 2.45. The lowest BCUT2D eigenvalue weighted by molar-refractivity contribution is 0.152. The van der Waals surface area contributed by atoms with Gasteiger partial charge >= 0.3 is 0 Å². The summed E-state index contributed by atoms with van der Waals surface area (Å²) in [5, 5.41) is 3.68. The molecule has 0 aromatic rings. The molecular formula is C17H37N3. The molecule has 0 aromatic carbocycles. The van der Waals surface area contributed by atoms with E-state index in [4.69, 9.17) is 0 Å². The Morgan fingerprint density at radius 3 is 2.35 bits per heavy atom. The van der Waals surface area contributed by atoms with E-state index in [2.05, 4.69) is 36.0 Å². The Kier molecular flexibility index (Phi) is 10.3. The lowest BCUT2D eigenvalue weighted by Gasteiger charge is -2.32. The van der Waals surface area contributed by atoms with Crippen LogP contribution in [0.3, 0.4) is 0 Å². The molecule has 120 valence electrons. The molecule has 1 N–H and O–H groups in total. The lowest BCUT2D eigenvalue weighted by Crippen LogP contribution is -2.45. The number of rotatable bonds is 11. The summed E-state index contributed by atoms with van der Waals surface area (Å²) in [6.45, 7) is 12.1. The van der Waals surface area contributed by atoms with Gasteiger partial charge in [0.05, 0.1) is 0 Å². The quantitative estimate of drug-likeness (QED) is 0.588. The molecule has 1 atom stereocenters. The van der Waals surface area contributed by atoms with Crippen molar-refractivity contribution < 1.29 is 0 Å². The molecule has 1 unspecified atom stereocenters. The first-order valence-electron chi connectivity index (χ1n) is 8.86. The predicted octanol–water partition coefficient (Wildman–Crippen LogP) is 2.96. The molecule has 1 aliphatic heterocycles. The summed E-state index contributed by atoms with van der Waals surface area (Å²) in [6, 6.07) is 0.698. The van der Waals surface area contributed by atoms with E-state index in [9.17, 15) is 0 Å². The van der Waals surface area contributed by atoms with Crippen LogP contribution in [-0.4, -0.2) is 62.2 Å². The van der Waals surface area contributed by atoms with E-state index in [0.29, 0.717) is 6.04 Å². The van der Waals surface area contributed by atoms with Crippen LogP contribution in [0, 0.1) is 0 Å². The van der Waals surface area contributed by atoms with E-state index in [1.807, 2.05) is 0 Å². The first kappa shape index (κ1) is 17.9. The maximum absolute atomic E-state index is 3.68. The Hall–Kier alpha value is -0.120.